The van der Waals surface area contributed by atoms with Crippen molar-refractivity contribution in [2.45, 2.75) is 26.2 Å². The van der Waals surface area contributed by atoms with E-state index in [9.17, 15) is 5.11 Å². The third kappa shape index (κ3) is 2.94. The minimum absolute atomic E-state index is 0.287. The van der Waals surface area contributed by atoms with E-state index < -0.39 is 8.07 Å². The van der Waals surface area contributed by atoms with Gasteiger partial charge >= 0.3 is 0 Å². The van der Waals surface area contributed by atoms with E-state index in [1.807, 2.05) is 23.0 Å². The van der Waals surface area contributed by atoms with Crippen LogP contribution >= 0.6 is 0 Å². The summed E-state index contributed by atoms with van der Waals surface area (Å²) in [5, 5.41) is 18.7. The number of nitrogens with zero attached hydrogens (tertiary/aromatic N) is 3. The van der Waals surface area contributed by atoms with Crippen LogP contribution in [0.5, 0.6) is 5.75 Å². The molecule has 4 nitrogen and oxygen atoms in total. The van der Waals surface area contributed by atoms with Crippen molar-refractivity contribution in [3.05, 3.63) is 36.0 Å². The molecule has 2 aromatic rings. The summed E-state index contributed by atoms with van der Waals surface area (Å²) in [6.07, 6.45) is 2.03. The Morgan fingerprint density at radius 3 is 2.35 bits per heavy atom. The lowest BCUT2D eigenvalue weighted by Crippen LogP contribution is -2.38. The second-order valence-corrected chi connectivity index (χ2v) is 10.2. The van der Waals surface area contributed by atoms with E-state index in [1.54, 1.807) is 12.1 Å². The lowest BCUT2D eigenvalue weighted by molar-refractivity contribution is 0.475. The second-order valence-electron chi connectivity index (χ2n) is 5.22. The molecular weight excluding hydrogens is 230 g/mol. The van der Waals surface area contributed by atoms with Crippen LogP contribution in [0.3, 0.4) is 0 Å². The topological polar surface area (TPSA) is 50.9 Å². The fourth-order valence-corrected chi connectivity index (χ4v) is 2.39. The van der Waals surface area contributed by atoms with Crippen LogP contribution in [0.4, 0.5) is 0 Å². The van der Waals surface area contributed by atoms with Crippen molar-refractivity contribution in [2.24, 2.45) is 0 Å². The molecule has 0 unspecified atom stereocenters. The lowest BCUT2D eigenvalue weighted by atomic mass is 10.2. The number of rotatable bonds is 3. The van der Waals surface area contributed by atoms with Gasteiger partial charge in [0.05, 0.1) is 11.9 Å². The predicted octanol–water partition coefficient (Wildman–Crippen LogP) is 1.58. The van der Waals surface area contributed by atoms with Gasteiger partial charge in [0.2, 0.25) is 0 Å². The molecule has 1 aromatic heterocycles. The summed E-state index contributed by atoms with van der Waals surface area (Å²) in [6.45, 7) is 7.45. The zero-order chi connectivity index (χ0) is 12.5. The maximum absolute atomic E-state index is 9.20. The normalized spacial score (nSPS) is 11.7. The van der Waals surface area contributed by atoms with Crippen LogP contribution in [0.15, 0.2) is 30.5 Å². The van der Waals surface area contributed by atoms with Crippen LogP contribution < -0.4 is 5.32 Å². The first-order valence-corrected chi connectivity index (χ1v) is 9.14. The standard InChI is InChI=1S/C12H17N3OSi/c1-17(2,3)12-9-15(14-13-12)8-10-4-6-11(16)7-5-10/h4-7,9,16H,8H2,1-3H3. The predicted molar refractivity (Wildman–Crippen MR) is 70.2 cm³/mol. The molecule has 5 heteroatoms. The van der Waals surface area contributed by atoms with Crippen molar-refractivity contribution in [3.8, 4) is 5.75 Å². The highest BCUT2D eigenvalue weighted by atomic mass is 28.3. The van der Waals surface area contributed by atoms with Crippen LogP contribution in [-0.4, -0.2) is 28.2 Å². The van der Waals surface area contributed by atoms with Crippen LogP contribution in [0, 0.1) is 0 Å². The summed E-state index contributed by atoms with van der Waals surface area (Å²) in [6, 6.07) is 7.16. The summed E-state index contributed by atoms with van der Waals surface area (Å²) in [7, 11) is -1.37. The SMILES string of the molecule is C[Si](C)(C)c1cn(Cc2ccc(O)cc2)nn1. The van der Waals surface area contributed by atoms with Gasteiger partial charge in [-0.25, -0.2) is 4.68 Å². The maximum atomic E-state index is 9.20. The highest BCUT2D eigenvalue weighted by molar-refractivity contribution is 6.88. The van der Waals surface area contributed by atoms with Crippen LogP contribution in [0.25, 0.3) is 0 Å². The summed E-state index contributed by atoms with van der Waals surface area (Å²) in [5.41, 5.74) is 1.11. The van der Waals surface area contributed by atoms with Gasteiger partial charge in [0.1, 0.15) is 13.8 Å². The molecule has 1 aromatic carbocycles. The van der Waals surface area contributed by atoms with Gasteiger partial charge in [0, 0.05) is 6.20 Å². The Labute approximate surface area is 102 Å². The number of phenols is 1. The van der Waals surface area contributed by atoms with Gasteiger partial charge in [-0.2, -0.15) is 0 Å². The van der Waals surface area contributed by atoms with Crippen molar-refractivity contribution < 1.29 is 5.11 Å². The van der Waals surface area contributed by atoms with Crippen molar-refractivity contribution >= 4 is 13.4 Å². The first-order valence-electron chi connectivity index (χ1n) is 5.64. The first-order chi connectivity index (χ1) is 7.95. The number of aromatic nitrogens is 3. The minimum atomic E-state index is -1.37. The number of hydrogen-bond donors (Lipinski definition) is 1. The Bertz CT molecular complexity index is 499. The molecule has 2 rings (SSSR count). The Kier molecular flexibility index (Phi) is 3.02. The fraction of sp³-hybridized carbons (Fsp3) is 0.333. The molecule has 0 saturated carbocycles. The fourth-order valence-electron chi connectivity index (χ4n) is 1.51. The quantitative estimate of drug-likeness (QED) is 0.838. The lowest BCUT2D eigenvalue weighted by Gasteiger charge is -2.09. The third-order valence-corrected chi connectivity index (χ3v) is 4.35. The highest BCUT2D eigenvalue weighted by Crippen LogP contribution is 2.10. The summed E-state index contributed by atoms with van der Waals surface area (Å²) >= 11 is 0. The monoisotopic (exact) mass is 247 g/mol. The van der Waals surface area contributed by atoms with Gasteiger partial charge in [0.15, 0.2) is 0 Å². The van der Waals surface area contributed by atoms with E-state index in [0.29, 0.717) is 6.54 Å². The van der Waals surface area contributed by atoms with E-state index in [2.05, 4.69) is 30.0 Å². The van der Waals surface area contributed by atoms with E-state index in [-0.39, 0.29) is 5.75 Å². The van der Waals surface area contributed by atoms with Crippen LogP contribution in [-0.2, 0) is 6.54 Å². The average Bonchev–Trinajstić information content (AvgIpc) is 2.69. The molecule has 90 valence electrons. The highest BCUT2D eigenvalue weighted by Gasteiger charge is 2.20. The second kappa shape index (κ2) is 4.33. The van der Waals surface area contributed by atoms with Crippen molar-refractivity contribution in [3.63, 3.8) is 0 Å². The van der Waals surface area contributed by atoms with Crippen molar-refractivity contribution in [1.29, 1.82) is 0 Å². The first kappa shape index (κ1) is 11.9. The average molecular weight is 247 g/mol. The van der Waals surface area contributed by atoms with E-state index >= 15 is 0 Å². The Balaban J connectivity index is 2.14. The van der Waals surface area contributed by atoms with Crippen molar-refractivity contribution in [2.75, 3.05) is 0 Å². The summed E-state index contributed by atoms with van der Waals surface area (Å²) in [4.78, 5) is 0. The van der Waals surface area contributed by atoms with Crippen LogP contribution in [0.2, 0.25) is 19.6 Å². The van der Waals surface area contributed by atoms with Gasteiger partial charge in [-0.15, -0.1) is 5.10 Å². The molecule has 1 heterocycles. The van der Waals surface area contributed by atoms with E-state index in [1.165, 1.54) is 0 Å². The smallest absolute Gasteiger partial charge is 0.115 e. The molecule has 0 aliphatic carbocycles. The number of benzene rings is 1. The molecule has 0 saturated heterocycles. The Hall–Kier alpha value is -1.62. The minimum Gasteiger partial charge on any atom is -0.508 e. The Morgan fingerprint density at radius 2 is 1.82 bits per heavy atom. The Morgan fingerprint density at radius 1 is 1.18 bits per heavy atom. The maximum Gasteiger partial charge on any atom is 0.115 e. The molecule has 1 N–H and O–H groups in total. The largest absolute Gasteiger partial charge is 0.508 e. The van der Waals surface area contributed by atoms with E-state index in [4.69, 9.17) is 0 Å². The summed E-state index contributed by atoms with van der Waals surface area (Å²) < 4.78 is 1.85. The number of hydrogen-bond acceptors (Lipinski definition) is 3. The molecule has 0 atom stereocenters. The van der Waals surface area contributed by atoms with Gasteiger partial charge in [0.25, 0.3) is 0 Å². The summed E-state index contributed by atoms with van der Waals surface area (Å²) in [5.74, 6) is 0.287. The number of aromatic hydroxyl groups is 1. The van der Waals surface area contributed by atoms with Gasteiger partial charge in [-0.1, -0.05) is 37.0 Å². The molecule has 0 bridgehead atoms. The molecule has 0 spiro atoms. The van der Waals surface area contributed by atoms with Gasteiger partial charge in [-0.3, -0.25) is 0 Å². The zero-order valence-corrected chi connectivity index (χ0v) is 11.4. The van der Waals surface area contributed by atoms with Crippen LogP contribution in [0.1, 0.15) is 5.56 Å². The van der Waals surface area contributed by atoms with E-state index in [0.717, 1.165) is 10.9 Å². The molecule has 0 radical (unpaired) electrons. The molecule has 0 aliphatic heterocycles. The van der Waals surface area contributed by atoms with Gasteiger partial charge in [-0.05, 0) is 17.7 Å². The van der Waals surface area contributed by atoms with Gasteiger partial charge < -0.3 is 5.11 Å². The molecule has 0 aliphatic rings. The number of phenolic OH excluding ortho intramolecular Hbond substituents is 1. The molecule has 17 heavy (non-hydrogen) atoms. The van der Waals surface area contributed by atoms with Crippen molar-refractivity contribution in [1.82, 2.24) is 15.0 Å². The molecule has 0 fully saturated rings. The molecule has 0 amide bonds. The molecular formula is C12H17N3OSi. The zero-order valence-electron chi connectivity index (χ0n) is 10.4. The third-order valence-electron chi connectivity index (χ3n) is 2.59.